The number of anilines is 1. The van der Waals surface area contributed by atoms with Crippen LogP contribution < -0.4 is 10.6 Å². The topological polar surface area (TPSA) is 84.0 Å². The summed E-state index contributed by atoms with van der Waals surface area (Å²) in [6.45, 7) is 2.35. The summed E-state index contributed by atoms with van der Waals surface area (Å²) in [4.78, 5) is 24.3. The van der Waals surface area contributed by atoms with E-state index in [4.69, 9.17) is 11.6 Å². The highest BCUT2D eigenvalue weighted by molar-refractivity contribution is 7.13. The van der Waals surface area contributed by atoms with E-state index >= 15 is 0 Å². The number of nitrogens with one attached hydrogen (secondary N) is 2. The predicted molar refractivity (Wildman–Crippen MR) is 111 cm³/mol. The maximum Gasteiger partial charge on any atom is 0.286 e. The lowest BCUT2D eigenvalue weighted by Gasteiger charge is -2.06. The fourth-order valence-electron chi connectivity index (χ4n) is 2.41. The van der Waals surface area contributed by atoms with Gasteiger partial charge in [-0.05, 0) is 30.7 Å². The zero-order chi connectivity index (χ0) is 19.9. The summed E-state index contributed by atoms with van der Waals surface area (Å²) in [7, 11) is 0. The van der Waals surface area contributed by atoms with Crippen molar-refractivity contribution in [3.63, 3.8) is 0 Å². The number of hydrogen-bond acceptors (Lipinski definition) is 5. The van der Waals surface area contributed by atoms with Crippen LogP contribution in [0.15, 0.2) is 48.5 Å². The Hall–Kier alpha value is -2.77. The monoisotopic (exact) mass is 414 g/mol. The Kier molecular flexibility index (Phi) is 6.73. The molecule has 144 valence electrons. The predicted octanol–water partition coefficient (Wildman–Crippen LogP) is 4.00. The lowest BCUT2D eigenvalue weighted by Crippen LogP contribution is -2.23. The third-order valence-corrected chi connectivity index (χ3v) is 5.32. The maximum atomic E-state index is 12.2. The van der Waals surface area contributed by atoms with Crippen molar-refractivity contribution >= 4 is 40.4 Å². The van der Waals surface area contributed by atoms with Gasteiger partial charge in [-0.15, -0.1) is 10.2 Å². The number of aryl methyl sites for hydroxylation is 2. The zero-order valence-corrected chi connectivity index (χ0v) is 16.8. The molecule has 0 radical (unpaired) electrons. The number of carbonyl (C=O) groups excluding carboxylic acids is 2. The van der Waals surface area contributed by atoms with Crippen molar-refractivity contribution in [3.8, 4) is 0 Å². The van der Waals surface area contributed by atoms with Gasteiger partial charge in [0.2, 0.25) is 10.9 Å². The lowest BCUT2D eigenvalue weighted by molar-refractivity contribution is -0.121. The highest BCUT2D eigenvalue weighted by Crippen LogP contribution is 2.16. The summed E-state index contributed by atoms with van der Waals surface area (Å²) in [5.41, 5.74) is 2.68. The Morgan fingerprint density at radius 2 is 1.82 bits per heavy atom. The Morgan fingerprint density at radius 1 is 1.07 bits per heavy atom. The van der Waals surface area contributed by atoms with Gasteiger partial charge in [0.25, 0.3) is 5.91 Å². The molecule has 2 N–H and O–H groups in total. The minimum absolute atomic E-state index is 0.110. The Labute approximate surface area is 172 Å². The Morgan fingerprint density at radius 3 is 2.57 bits per heavy atom. The number of rotatable bonds is 7. The average Bonchev–Trinajstić information content (AvgIpc) is 3.17. The molecule has 0 saturated carbocycles. The molecule has 0 spiro atoms. The van der Waals surface area contributed by atoms with Crippen LogP contribution in [-0.2, 0) is 17.8 Å². The number of benzene rings is 2. The van der Waals surface area contributed by atoms with Crippen molar-refractivity contribution in [3.05, 3.63) is 74.7 Å². The molecule has 0 aliphatic rings. The van der Waals surface area contributed by atoms with E-state index < -0.39 is 0 Å². The van der Waals surface area contributed by atoms with E-state index in [1.807, 2.05) is 49.4 Å². The molecule has 2 amide bonds. The number of carbonyl (C=O) groups is 2. The molecule has 0 aliphatic carbocycles. The minimum atomic E-state index is -0.309. The molecular formula is C20H19ClN4O2S. The van der Waals surface area contributed by atoms with Crippen LogP contribution in [0.1, 0.15) is 32.4 Å². The van der Waals surface area contributed by atoms with Crippen LogP contribution in [0.4, 0.5) is 5.69 Å². The number of amides is 2. The van der Waals surface area contributed by atoms with E-state index in [-0.39, 0.29) is 23.2 Å². The second kappa shape index (κ2) is 9.43. The van der Waals surface area contributed by atoms with Gasteiger partial charge < -0.3 is 10.6 Å². The van der Waals surface area contributed by atoms with E-state index in [0.717, 1.165) is 11.1 Å². The smallest absolute Gasteiger partial charge is 0.286 e. The van der Waals surface area contributed by atoms with Gasteiger partial charge in [-0.1, -0.05) is 58.8 Å². The van der Waals surface area contributed by atoms with Gasteiger partial charge in [0.05, 0.1) is 0 Å². The van der Waals surface area contributed by atoms with Crippen LogP contribution in [0.25, 0.3) is 0 Å². The molecule has 8 heteroatoms. The van der Waals surface area contributed by atoms with Crippen LogP contribution in [0.3, 0.4) is 0 Å². The molecule has 0 atom stereocenters. The third kappa shape index (κ3) is 5.61. The largest absolute Gasteiger partial charge is 0.352 e. The van der Waals surface area contributed by atoms with E-state index in [9.17, 15) is 9.59 Å². The van der Waals surface area contributed by atoms with Crippen LogP contribution in [0.2, 0.25) is 5.02 Å². The summed E-state index contributed by atoms with van der Waals surface area (Å²) in [5.74, 6) is -0.420. The van der Waals surface area contributed by atoms with Gasteiger partial charge in [0.15, 0.2) is 0 Å². The summed E-state index contributed by atoms with van der Waals surface area (Å²) in [5, 5.41) is 15.1. The van der Waals surface area contributed by atoms with Crippen LogP contribution in [-0.4, -0.2) is 22.0 Å². The molecule has 0 bridgehead atoms. The van der Waals surface area contributed by atoms with Crippen molar-refractivity contribution < 1.29 is 9.59 Å². The molecular weight excluding hydrogens is 396 g/mol. The molecule has 1 heterocycles. The van der Waals surface area contributed by atoms with E-state index in [2.05, 4.69) is 20.8 Å². The zero-order valence-electron chi connectivity index (χ0n) is 15.2. The van der Waals surface area contributed by atoms with Crippen molar-refractivity contribution in [1.29, 1.82) is 0 Å². The van der Waals surface area contributed by atoms with Gasteiger partial charge in [-0.2, -0.15) is 0 Å². The standard InChI is InChI=1S/C20H19ClN4O2S/c1-13-6-8-15(9-7-13)23-19(27)20-25-24-18(28-20)11-10-17(26)22-12-14-4-2-3-5-16(14)21/h2-9H,10-12H2,1H3,(H,22,26)(H,23,27). The van der Waals surface area contributed by atoms with Gasteiger partial charge >= 0.3 is 0 Å². The van der Waals surface area contributed by atoms with E-state index in [1.54, 1.807) is 6.07 Å². The van der Waals surface area contributed by atoms with Gasteiger partial charge in [-0.25, -0.2) is 0 Å². The SMILES string of the molecule is Cc1ccc(NC(=O)c2nnc(CCC(=O)NCc3ccccc3Cl)s2)cc1. The summed E-state index contributed by atoms with van der Waals surface area (Å²) < 4.78 is 0. The minimum Gasteiger partial charge on any atom is -0.352 e. The molecule has 1 aromatic heterocycles. The molecule has 0 unspecified atom stereocenters. The van der Waals surface area contributed by atoms with Crippen molar-refractivity contribution in [2.45, 2.75) is 26.3 Å². The molecule has 3 aromatic rings. The van der Waals surface area contributed by atoms with Crippen molar-refractivity contribution in [2.75, 3.05) is 5.32 Å². The molecule has 28 heavy (non-hydrogen) atoms. The van der Waals surface area contributed by atoms with Crippen LogP contribution in [0, 0.1) is 6.92 Å². The number of aromatic nitrogens is 2. The fraction of sp³-hybridized carbons (Fsp3) is 0.200. The van der Waals surface area contributed by atoms with E-state index in [0.29, 0.717) is 28.7 Å². The van der Waals surface area contributed by atoms with Gasteiger partial charge in [0, 0.05) is 30.1 Å². The molecule has 6 nitrogen and oxygen atoms in total. The first kappa shape index (κ1) is 20.0. The van der Waals surface area contributed by atoms with Gasteiger partial charge in [-0.3, -0.25) is 9.59 Å². The summed E-state index contributed by atoms with van der Waals surface area (Å²) in [6.07, 6.45) is 0.683. The first-order valence-corrected chi connectivity index (χ1v) is 9.91. The second-order valence-electron chi connectivity index (χ2n) is 6.19. The van der Waals surface area contributed by atoms with Crippen LogP contribution in [0.5, 0.6) is 0 Å². The molecule has 0 fully saturated rings. The quantitative estimate of drug-likeness (QED) is 0.612. The normalized spacial score (nSPS) is 10.5. The lowest BCUT2D eigenvalue weighted by atomic mass is 10.2. The van der Waals surface area contributed by atoms with E-state index in [1.165, 1.54) is 11.3 Å². The maximum absolute atomic E-state index is 12.2. The first-order valence-electron chi connectivity index (χ1n) is 8.72. The summed E-state index contributed by atoms with van der Waals surface area (Å²) in [6, 6.07) is 14.9. The third-order valence-electron chi connectivity index (χ3n) is 3.97. The molecule has 2 aromatic carbocycles. The first-order chi connectivity index (χ1) is 13.5. The molecule has 0 aliphatic heterocycles. The molecule has 0 saturated heterocycles. The van der Waals surface area contributed by atoms with Crippen molar-refractivity contribution in [2.24, 2.45) is 0 Å². The van der Waals surface area contributed by atoms with Crippen molar-refractivity contribution in [1.82, 2.24) is 15.5 Å². The number of hydrogen-bond donors (Lipinski definition) is 2. The van der Waals surface area contributed by atoms with Gasteiger partial charge in [0.1, 0.15) is 5.01 Å². The molecule has 3 rings (SSSR count). The Bertz CT molecular complexity index is 972. The highest BCUT2D eigenvalue weighted by atomic mass is 35.5. The number of halogens is 1. The Balaban J connectivity index is 1.47. The highest BCUT2D eigenvalue weighted by Gasteiger charge is 2.14. The summed E-state index contributed by atoms with van der Waals surface area (Å²) >= 11 is 7.26. The fourth-order valence-corrected chi connectivity index (χ4v) is 3.35. The number of nitrogens with zero attached hydrogens (tertiary/aromatic N) is 2. The average molecular weight is 415 g/mol. The second-order valence-corrected chi connectivity index (χ2v) is 7.66. The van der Waals surface area contributed by atoms with Crippen LogP contribution >= 0.6 is 22.9 Å².